The molecule has 0 aliphatic rings. The fourth-order valence-electron chi connectivity index (χ4n) is 1.31. The van der Waals surface area contributed by atoms with Crippen molar-refractivity contribution in [2.24, 2.45) is 0 Å². The minimum Gasteiger partial charge on any atom is -0.378 e. The van der Waals surface area contributed by atoms with E-state index in [-0.39, 0.29) is 5.78 Å². The van der Waals surface area contributed by atoms with Crippen LogP contribution in [-0.4, -0.2) is 19.9 Å². The number of hydrogen-bond donors (Lipinski definition) is 0. The van der Waals surface area contributed by atoms with Crippen LogP contribution < -0.4 is 4.90 Å². The third kappa shape index (κ3) is 2.96. The molecule has 0 heterocycles. The van der Waals surface area contributed by atoms with Gasteiger partial charge < -0.3 is 4.90 Å². The topological polar surface area (TPSA) is 20.3 Å². The number of halogens is 1. The van der Waals surface area contributed by atoms with E-state index >= 15 is 0 Å². The molecule has 0 aliphatic carbocycles. The summed E-state index contributed by atoms with van der Waals surface area (Å²) in [7, 11) is 3.95. The summed E-state index contributed by atoms with van der Waals surface area (Å²) in [6.07, 6.45) is 0.476. The second-order valence-corrected chi connectivity index (χ2v) is 4.10. The van der Waals surface area contributed by atoms with Crippen molar-refractivity contribution in [3.05, 3.63) is 29.8 Å². The molecule has 0 saturated carbocycles. The molecule has 0 N–H and O–H groups in total. The highest BCUT2D eigenvalue weighted by atomic mass is 35.5. The van der Waals surface area contributed by atoms with E-state index in [2.05, 4.69) is 0 Å². The summed E-state index contributed by atoms with van der Waals surface area (Å²) < 4.78 is 0. The Morgan fingerprint density at radius 3 is 2.27 bits per heavy atom. The lowest BCUT2D eigenvalue weighted by Crippen LogP contribution is -2.09. The summed E-state index contributed by atoms with van der Waals surface area (Å²) in [5, 5.41) is -0.508. The maximum absolute atomic E-state index is 11.4. The van der Waals surface area contributed by atoms with Gasteiger partial charge in [-0.25, -0.2) is 0 Å². The van der Waals surface area contributed by atoms with Gasteiger partial charge in [-0.15, -0.1) is 11.6 Å². The largest absolute Gasteiger partial charge is 0.378 e. The third-order valence-electron chi connectivity index (χ3n) is 2.33. The molecule has 1 unspecified atom stereocenters. The number of benzene rings is 1. The number of hydrogen-bond acceptors (Lipinski definition) is 2. The van der Waals surface area contributed by atoms with Crippen molar-refractivity contribution in [2.45, 2.75) is 18.7 Å². The lowest BCUT2D eigenvalue weighted by Gasteiger charge is -2.14. The first kappa shape index (κ1) is 12.1. The first-order chi connectivity index (χ1) is 7.06. The highest BCUT2D eigenvalue weighted by Gasteiger charge is 2.15. The van der Waals surface area contributed by atoms with E-state index in [1.54, 1.807) is 0 Å². The molecule has 3 heteroatoms. The molecule has 15 heavy (non-hydrogen) atoms. The van der Waals surface area contributed by atoms with Crippen LogP contribution in [0.4, 0.5) is 5.69 Å². The summed E-state index contributed by atoms with van der Waals surface area (Å²) in [6.45, 7) is 1.83. The number of rotatable bonds is 4. The zero-order valence-electron chi connectivity index (χ0n) is 9.33. The molecule has 0 saturated heterocycles. The summed E-state index contributed by atoms with van der Waals surface area (Å²) >= 11 is 6.03. The van der Waals surface area contributed by atoms with Crippen LogP contribution >= 0.6 is 11.6 Å². The lowest BCUT2D eigenvalue weighted by atomic mass is 10.1. The molecule has 0 radical (unpaired) electrons. The van der Waals surface area contributed by atoms with Gasteiger partial charge in [0.2, 0.25) is 0 Å². The van der Waals surface area contributed by atoms with Crippen LogP contribution in [0, 0.1) is 0 Å². The van der Waals surface area contributed by atoms with E-state index in [1.165, 1.54) is 0 Å². The molecular weight excluding hydrogens is 210 g/mol. The number of anilines is 1. The number of Topliss-reactive ketones (excluding diaryl/α,β-unsaturated/α-hetero) is 1. The summed E-state index contributed by atoms with van der Waals surface area (Å²) in [4.78, 5) is 13.4. The molecular formula is C12H16ClNO. The van der Waals surface area contributed by atoms with E-state index in [0.29, 0.717) is 6.42 Å². The molecule has 2 nitrogen and oxygen atoms in total. The SMILES string of the molecule is CCC(=O)C(Cl)c1ccc(N(C)C)cc1. The van der Waals surface area contributed by atoms with Crippen LogP contribution in [0.3, 0.4) is 0 Å². The number of carbonyl (C=O) groups is 1. The number of alkyl halides is 1. The number of ketones is 1. The molecule has 0 spiro atoms. The van der Waals surface area contributed by atoms with Crippen LogP contribution in [-0.2, 0) is 4.79 Å². The van der Waals surface area contributed by atoms with Crippen molar-refractivity contribution in [1.82, 2.24) is 0 Å². The van der Waals surface area contributed by atoms with Gasteiger partial charge in [0.05, 0.1) is 0 Å². The maximum atomic E-state index is 11.4. The molecule has 1 rings (SSSR count). The average molecular weight is 226 g/mol. The zero-order chi connectivity index (χ0) is 11.4. The minimum atomic E-state index is -0.508. The van der Waals surface area contributed by atoms with Crippen molar-refractivity contribution >= 4 is 23.1 Å². The van der Waals surface area contributed by atoms with Crippen molar-refractivity contribution in [3.63, 3.8) is 0 Å². The van der Waals surface area contributed by atoms with Gasteiger partial charge in [-0.1, -0.05) is 19.1 Å². The maximum Gasteiger partial charge on any atom is 0.154 e. The Bertz CT molecular complexity index is 332. The van der Waals surface area contributed by atoms with E-state index in [4.69, 9.17) is 11.6 Å². The highest BCUT2D eigenvalue weighted by molar-refractivity contribution is 6.31. The molecule has 0 aliphatic heterocycles. The summed E-state index contributed by atoms with van der Waals surface area (Å²) in [5.74, 6) is 0.0641. The molecule has 0 fully saturated rings. The summed E-state index contributed by atoms with van der Waals surface area (Å²) in [5.41, 5.74) is 1.97. The van der Waals surface area contributed by atoms with Crippen LogP contribution in [0.25, 0.3) is 0 Å². The molecule has 1 aromatic rings. The predicted molar refractivity (Wildman–Crippen MR) is 64.7 cm³/mol. The Balaban J connectivity index is 2.84. The van der Waals surface area contributed by atoms with Gasteiger partial charge in [0, 0.05) is 26.2 Å². The Morgan fingerprint density at radius 1 is 1.33 bits per heavy atom. The molecule has 0 amide bonds. The number of carbonyl (C=O) groups excluding carboxylic acids is 1. The van der Waals surface area contributed by atoms with Crippen molar-refractivity contribution in [2.75, 3.05) is 19.0 Å². The van der Waals surface area contributed by atoms with Crippen molar-refractivity contribution < 1.29 is 4.79 Å². The van der Waals surface area contributed by atoms with Crippen molar-refractivity contribution in [3.8, 4) is 0 Å². The normalized spacial score (nSPS) is 12.3. The fraction of sp³-hybridized carbons (Fsp3) is 0.417. The monoisotopic (exact) mass is 225 g/mol. The van der Waals surface area contributed by atoms with Crippen LogP contribution in [0.2, 0.25) is 0 Å². The van der Waals surface area contributed by atoms with E-state index in [1.807, 2.05) is 50.2 Å². The minimum absolute atomic E-state index is 0.0641. The molecule has 82 valence electrons. The molecule has 0 bridgehead atoms. The van der Waals surface area contributed by atoms with Crippen LogP contribution in [0.1, 0.15) is 24.3 Å². The van der Waals surface area contributed by atoms with E-state index in [0.717, 1.165) is 11.3 Å². The predicted octanol–water partition coefficient (Wildman–Crippen LogP) is 3.01. The standard InChI is InChI=1S/C12H16ClNO/c1-4-11(15)12(13)9-5-7-10(8-6-9)14(2)3/h5-8,12H,4H2,1-3H3. The Morgan fingerprint density at radius 2 is 1.87 bits per heavy atom. The van der Waals surface area contributed by atoms with Gasteiger partial charge in [0.15, 0.2) is 5.78 Å². The van der Waals surface area contributed by atoms with E-state index < -0.39 is 5.38 Å². The average Bonchev–Trinajstić information content (AvgIpc) is 2.27. The second-order valence-electron chi connectivity index (χ2n) is 3.67. The first-order valence-corrected chi connectivity index (χ1v) is 5.44. The van der Waals surface area contributed by atoms with Gasteiger partial charge in [-0.05, 0) is 17.7 Å². The smallest absolute Gasteiger partial charge is 0.154 e. The van der Waals surface area contributed by atoms with Gasteiger partial charge in [0.1, 0.15) is 5.38 Å². The number of nitrogens with zero attached hydrogens (tertiary/aromatic N) is 1. The molecule has 1 atom stereocenters. The first-order valence-electron chi connectivity index (χ1n) is 5.00. The Hall–Kier alpha value is -1.02. The summed E-state index contributed by atoms with van der Waals surface area (Å²) in [6, 6.07) is 7.74. The second kappa shape index (κ2) is 5.17. The molecule has 0 aromatic heterocycles. The Kier molecular flexibility index (Phi) is 4.15. The quantitative estimate of drug-likeness (QED) is 0.735. The fourth-order valence-corrected chi connectivity index (χ4v) is 1.61. The Labute approximate surface area is 95.8 Å². The third-order valence-corrected chi connectivity index (χ3v) is 2.83. The van der Waals surface area contributed by atoms with Gasteiger partial charge in [0.25, 0.3) is 0 Å². The van der Waals surface area contributed by atoms with E-state index in [9.17, 15) is 4.79 Å². The zero-order valence-corrected chi connectivity index (χ0v) is 10.1. The lowest BCUT2D eigenvalue weighted by molar-refractivity contribution is -0.118. The molecule has 1 aromatic carbocycles. The highest BCUT2D eigenvalue weighted by Crippen LogP contribution is 2.24. The van der Waals surface area contributed by atoms with Crippen LogP contribution in [0.5, 0.6) is 0 Å². The van der Waals surface area contributed by atoms with Gasteiger partial charge >= 0.3 is 0 Å². The van der Waals surface area contributed by atoms with Gasteiger partial charge in [-0.3, -0.25) is 4.79 Å². The van der Waals surface area contributed by atoms with Gasteiger partial charge in [-0.2, -0.15) is 0 Å². The van der Waals surface area contributed by atoms with Crippen molar-refractivity contribution in [1.29, 1.82) is 0 Å². The van der Waals surface area contributed by atoms with Crippen LogP contribution in [0.15, 0.2) is 24.3 Å².